The first-order valence-corrected chi connectivity index (χ1v) is 5.10. The fourth-order valence-electron chi connectivity index (χ4n) is 1.33. The first kappa shape index (κ1) is 13.8. The van der Waals surface area contributed by atoms with Gasteiger partial charge in [0, 0.05) is 6.54 Å². The predicted octanol–water partition coefficient (Wildman–Crippen LogP) is 1.20. The number of hydrogen-bond acceptors (Lipinski definition) is 5. The highest BCUT2D eigenvalue weighted by atomic mass is 127. The number of guanidine groups is 1. The molecule has 1 aromatic carbocycles. The van der Waals surface area contributed by atoms with Crippen LogP contribution in [0.3, 0.4) is 0 Å². The van der Waals surface area contributed by atoms with Crippen molar-refractivity contribution in [2.24, 2.45) is 10.1 Å². The average Bonchev–Trinajstić information content (AvgIpc) is 2.83. The van der Waals surface area contributed by atoms with Gasteiger partial charge in [-0.15, -0.1) is 24.0 Å². The number of ether oxygens (including phenoxy) is 1. The van der Waals surface area contributed by atoms with Crippen LogP contribution in [0.25, 0.3) is 0 Å². The van der Waals surface area contributed by atoms with E-state index in [-0.39, 0.29) is 24.0 Å². The molecule has 0 spiro atoms. The molecule has 0 unspecified atom stereocenters. The molecule has 0 saturated heterocycles. The van der Waals surface area contributed by atoms with Gasteiger partial charge in [-0.1, -0.05) is 0 Å². The highest BCUT2D eigenvalue weighted by molar-refractivity contribution is 14.0. The Kier molecular flexibility index (Phi) is 5.75. The summed E-state index contributed by atoms with van der Waals surface area (Å²) in [4.78, 5) is 4.15. The van der Waals surface area contributed by atoms with Crippen LogP contribution in [0.2, 0.25) is 0 Å². The zero-order valence-corrected chi connectivity index (χ0v) is 11.8. The molecule has 0 atom stereocenters. The summed E-state index contributed by atoms with van der Waals surface area (Å²) in [7, 11) is 1.65. The first-order valence-electron chi connectivity index (χ1n) is 5.10. The Bertz CT molecular complexity index is 402. The van der Waals surface area contributed by atoms with Crippen molar-refractivity contribution in [1.29, 1.82) is 0 Å². The van der Waals surface area contributed by atoms with Crippen LogP contribution in [0.15, 0.2) is 34.4 Å². The van der Waals surface area contributed by atoms with Crippen LogP contribution in [0.5, 0.6) is 5.75 Å². The maximum Gasteiger partial charge on any atom is 0.212 e. The zero-order chi connectivity index (χ0) is 11.2. The number of nitrogens with one attached hydrogen (secondary N) is 2. The van der Waals surface area contributed by atoms with Crippen molar-refractivity contribution in [3.8, 4) is 5.75 Å². The van der Waals surface area contributed by atoms with Crippen molar-refractivity contribution in [2.75, 3.05) is 20.2 Å². The third-order valence-corrected chi connectivity index (χ3v) is 2.17. The van der Waals surface area contributed by atoms with E-state index in [1.165, 1.54) is 0 Å². The number of nitrogens with zero attached hydrogens (tertiary/aromatic N) is 2. The molecule has 0 aliphatic carbocycles. The van der Waals surface area contributed by atoms with E-state index in [0.29, 0.717) is 0 Å². The van der Waals surface area contributed by atoms with E-state index >= 15 is 0 Å². The molecule has 0 amide bonds. The highest BCUT2D eigenvalue weighted by Crippen LogP contribution is 2.09. The molecule has 1 aromatic rings. The van der Waals surface area contributed by atoms with Gasteiger partial charge in [0.1, 0.15) is 5.75 Å². The number of hydrogen-bond donors (Lipinski definition) is 2. The monoisotopic (exact) mass is 346 g/mol. The number of aliphatic imine (C=N–C) groups is 1. The van der Waals surface area contributed by atoms with Gasteiger partial charge in [-0.05, 0) is 29.8 Å². The van der Waals surface area contributed by atoms with E-state index in [2.05, 4.69) is 20.8 Å². The van der Waals surface area contributed by atoms with E-state index < -0.39 is 0 Å². The second-order valence-corrected chi connectivity index (χ2v) is 3.30. The van der Waals surface area contributed by atoms with Crippen molar-refractivity contribution >= 4 is 36.2 Å². The third-order valence-electron chi connectivity index (χ3n) is 2.17. The van der Waals surface area contributed by atoms with Crippen LogP contribution in [0, 0.1) is 0 Å². The smallest absolute Gasteiger partial charge is 0.212 e. The maximum absolute atomic E-state index is 5.07. The van der Waals surface area contributed by atoms with Crippen LogP contribution >= 0.6 is 24.0 Å². The Labute approximate surface area is 117 Å². The largest absolute Gasteiger partial charge is 0.497 e. The Balaban J connectivity index is 0.00000144. The summed E-state index contributed by atoms with van der Waals surface area (Å²) < 4.78 is 5.07. The molecular weight excluding hydrogens is 331 g/mol. The van der Waals surface area contributed by atoms with Gasteiger partial charge >= 0.3 is 0 Å². The van der Waals surface area contributed by atoms with E-state index in [4.69, 9.17) is 4.74 Å². The van der Waals surface area contributed by atoms with Crippen LogP contribution < -0.4 is 15.5 Å². The summed E-state index contributed by atoms with van der Waals surface area (Å²) in [5, 5.41) is 7.14. The SMILES string of the molecule is COc1ccc(/C=N/NC2=NCCN2)cc1.I. The first-order chi connectivity index (χ1) is 7.88. The lowest BCUT2D eigenvalue weighted by atomic mass is 10.2. The van der Waals surface area contributed by atoms with Gasteiger partial charge in [0.2, 0.25) is 5.96 Å². The van der Waals surface area contributed by atoms with Gasteiger partial charge in [-0.25, -0.2) is 10.4 Å². The van der Waals surface area contributed by atoms with Crippen molar-refractivity contribution < 1.29 is 4.74 Å². The lowest BCUT2D eigenvalue weighted by Gasteiger charge is -2.00. The molecule has 5 nitrogen and oxygen atoms in total. The number of halogens is 1. The third kappa shape index (κ3) is 4.22. The summed E-state index contributed by atoms with van der Waals surface area (Å²) in [6.07, 6.45) is 1.74. The predicted molar refractivity (Wildman–Crippen MR) is 79.4 cm³/mol. The Hall–Kier alpha value is -1.31. The summed E-state index contributed by atoms with van der Waals surface area (Å²) >= 11 is 0. The molecule has 6 heteroatoms. The second-order valence-electron chi connectivity index (χ2n) is 3.30. The molecular formula is C11H15IN4O. The minimum atomic E-state index is 0. The molecule has 0 aromatic heterocycles. The van der Waals surface area contributed by atoms with Crippen molar-refractivity contribution in [3.05, 3.63) is 29.8 Å². The Morgan fingerprint density at radius 3 is 2.76 bits per heavy atom. The average molecular weight is 346 g/mol. The fraction of sp³-hybridized carbons (Fsp3) is 0.273. The molecule has 1 heterocycles. The number of hydrazone groups is 1. The van der Waals surface area contributed by atoms with Crippen LogP contribution in [-0.4, -0.2) is 32.4 Å². The molecule has 92 valence electrons. The maximum atomic E-state index is 5.07. The van der Waals surface area contributed by atoms with Gasteiger partial charge in [0.25, 0.3) is 0 Å². The van der Waals surface area contributed by atoms with Gasteiger partial charge < -0.3 is 10.1 Å². The van der Waals surface area contributed by atoms with Gasteiger partial charge in [-0.2, -0.15) is 5.10 Å². The van der Waals surface area contributed by atoms with Crippen LogP contribution in [0.1, 0.15) is 5.56 Å². The van der Waals surface area contributed by atoms with E-state index in [1.807, 2.05) is 24.3 Å². The summed E-state index contributed by atoms with van der Waals surface area (Å²) in [6.45, 7) is 1.68. The number of benzene rings is 1. The standard InChI is InChI=1S/C11H14N4O.HI/c1-16-10-4-2-9(3-5-10)8-14-15-11-12-6-7-13-11;/h2-5,8H,6-7H2,1H3,(H2,12,13,15);1H/b14-8+;. The normalized spacial score (nSPS) is 13.8. The van der Waals surface area contributed by atoms with Crippen LogP contribution in [0.4, 0.5) is 0 Å². The van der Waals surface area contributed by atoms with Gasteiger partial charge in [-0.3, -0.25) is 0 Å². The Morgan fingerprint density at radius 1 is 1.41 bits per heavy atom. The van der Waals surface area contributed by atoms with Crippen molar-refractivity contribution in [3.63, 3.8) is 0 Å². The summed E-state index contributed by atoms with van der Waals surface area (Å²) in [5.41, 5.74) is 3.84. The highest BCUT2D eigenvalue weighted by Gasteiger charge is 2.01. The van der Waals surface area contributed by atoms with Gasteiger partial charge in [0.15, 0.2) is 0 Å². The molecule has 2 rings (SSSR count). The molecule has 0 saturated carbocycles. The summed E-state index contributed by atoms with van der Waals surface area (Å²) in [6, 6.07) is 7.67. The molecule has 2 N–H and O–H groups in total. The van der Waals surface area contributed by atoms with Crippen LogP contribution in [-0.2, 0) is 0 Å². The van der Waals surface area contributed by atoms with Crippen molar-refractivity contribution in [1.82, 2.24) is 10.7 Å². The summed E-state index contributed by atoms with van der Waals surface area (Å²) in [5.74, 6) is 1.57. The lowest BCUT2D eigenvalue weighted by molar-refractivity contribution is 0.415. The fourth-order valence-corrected chi connectivity index (χ4v) is 1.33. The minimum Gasteiger partial charge on any atom is -0.497 e. The van der Waals surface area contributed by atoms with Gasteiger partial charge in [0.05, 0.1) is 19.9 Å². The quantitative estimate of drug-likeness (QED) is 0.491. The van der Waals surface area contributed by atoms with E-state index in [1.54, 1.807) is 13.3 Å². The molecule has 0 bridgehead atoms. The molecule has 0 radical (unpaired) electrons. The lowest BCUT2D eigenvalue weighted by Crippen LogP contribution is -2.30. The zero-order valence-electron chi connectivity index (χ0n) is 9.51. The second kappa shape index (κ2) is 7.10. The Morgan fingerprint density at radius 2 is 2.18 bits per heavy atom. The molecule has 0 fully saturated rings. The van der Waals surface area contributed by atoms with Crippen molar-refractivity contribution in [2.45, 2.75) is 0 Å². The topological polar surface area (TPSA) is 58.0 Å². The number of methoxy groups -OCH3 is 1. The van der Waals surface area contributed by atoms with E-state index in [0.717, 1.165) is 30.4 Å². The molecule has 17 heavy (non-hydrogen) atoms. The molecule has 1 aliphatic rings. The number of rotatable bonds is 3. The molecule has 1 aliphatic heterocycles. The van der Waals surface area contributed by atoms with E-state index in [9.17, 15) is 0 Å². The minimum absolute atomic E-state index is 0.